The topological polar surface area (TPSA) is 548 Å². The molecule has 7 heterocycles. The molecular weight excluding hydrogens is 2090 g/mol. The minimum atomic E-state index is -2.87. The number of aliphatic carboxylic acids is 1. The van der Waals surface area contributed by atoms with E-state index in [1.807, 2.05) is 24.3 Å². The summed E-state index contributed by atoms with van der Waals surface area (Å²) in [5.41, 5.74) is 18.6. The number of halogens is 4. The number of nitrogens with two attached hydrogens (primary N) is 2. The van der Waals surface area contributed by atoms with E-state index in [0.29, 0.717) is 84.6 Å². The molecule has 0 bridgehead atoms. The average Bonchev–Trinajstić information content (AvgIpc) is 1.71. The Labute approximate surface area is 750 Å². The van der Waals surface area contributed by atoms with Crippen LogP contribution in [0.15, 0.2) is 126 Å². The van der Waals surface area contributed by atoms with Crippen molar-refractivity contribution in [3.63, 3.8) is 0 Å². The number of esters is 9. The number of hydrogen-bond acceptors (Lipinski definition) is 42. The summed E-state index contributed by atoms with van der Waals surface area (Å²) >= 11 is 6.11. The van der Waals surface area contributed by atoms with Crippen molar-refractivity contribution >= 4 is 238 Å². The summed E-state index contributed by atoms with van der Waals surface area (Å²) in [6.45, 7) is 3.60. The number of carboxylic acid groups (broad SMARTS) is 1. The van der Waals surface area contributed by atoms with Crippen molar-refractivity contribution in [2.75, 3.05) is 47.0 Å². The number of nitrogens with zero attached hydrogens (tertiary/aromatic N) is 10. The van der Waals surface area contributed by atoms with Crippen LogP contribution in [0.25, 0.3) is 45.0 Å². The van der Waals surface area contributed by atoms with E-state index in [9.17, 15) is 52.7 Å². The summed E-state index contributed by atoms with van der Waals surface area (Å²) in [5, 5.41) is 24.7. The average molecular weight is 2170 g/mol. The van der Waals surface area contributed by atoms with E-state index in [0.717, 1.165) is 110 Å². The molecule has 2 saturated heterocycles. The summed E-state index contributed by atoms with van der Waals surface area (Å²) in [6, 6.07) is 35.1. The number of carbonyl (C=O) groups is 12. The van der Waals surface area contributed by atoms with Crippen LogP contribution in [0.1, 0.15) is 138 Å². The van der Waals surface area contributed by atoms with E-state index >= 15 is 0 Å². The number of carboxylic acids is 1. The Morgan fingerprint density at radius 1 is 0.463 bits per heavy atom. The Balaban J connectivity index is 0.000000223. The predicted molar refractivity (Wildman–Crippen MR) is 469 cm³/mol. The second-order valence-electron chi connectivity index (χ2n) is 23.8. The van der Waals surface area contributed by atoms with Gasteiger partial charge in [0.05, 0.1) is 75.4 Å². The van der Waals surface area contributed by atoms with Crippen LogP contribution in [-0.4, -0.2) is 188 Å². The largest absolute Gasteiger partial charge is 0.488 e. The molecule has 48 heteroatoms. The van der Waals surface area contributed by atoms with E-state index in [1.54, 1.807) is 97.1 Å². The van der Waals surface area contributed by atoms with E-state index in [1.165, 1.54) is 49.4 Å². The monoisotopic (exact) mass is 2160 g/mol. The van der Waals surface area contributed by atoms with Gasteiger partial charge in [-0.2, -0.15) is 35.0 Å². The van der Waals surface area contributed by atoms with Gasteiger partial charge in [-0.1, -0.05) is 76.7 Å². The van der Waals surface area contributed by atoms with Crippen molar-refractivity contribution < 1.29 is 121 Å². The van der Waals surface area contributed by atoms with Gasteiger partial charge in [0.2, 0.25) is 0 Å². The zero-order chi connectivity index (χ0) is 87.8. The minimum absolute atomic E-state index is 0. The van der Waals surface area contributed by atoms with Crippen molar-refractivity contribution in [2.45, 2.75) is 97.6 Å². The molecule has 14 rings (SSSR count). The fourth-order valence-corrected chi connectivity index (χ4v) is 18.3. The molecule has 4 fully saturated rings. The van der Waals surface area contributed by atoms with Crippen molar-refractivity contribution in [1.29, 1.82) is 0 Å². The molecule has 0 radical (unpaired) electrons. The zero-order valence-electron chi connectivity index (χ0n) is 63.9. The van der Waals surface area contributed by atoms with Crippen LogP contribution in [0.5, 0.6) is 0 Å². The Morgan fingerprint density at radius 2 is 0.760 bits per heavy atom. The minimum Gasteiger partial charge on any atom is -0.464 e. The van der Waals surface area contributed by atoms with Crippen LogP contribution in [0.3, 0.4) is 0 Å². The Morgan fingerprint density at radius 3 is 1.08 bits per heavy atom. The number of rotatable bonds is 14. The maximum atomic E-state index is 12.4. The first-order chi connectivity index (χ1) is 57.3. The van der Waals surface area contributed by atoms with Gasteiger partial charge in [0.15, 0.2) is 30.9 Å². The van der Waals surface area contributed by atoms with Crippen LogP contribution < -0.4 is 16.9 Å². The molecule has 2 aliphatic carbocycles. The number of methoxy groups -OCH3 is 5. The molecule has 38 nitrogen and oxygen atoms in total. The van der Waals surface area contributed by atoms with E-state index in [4.69, 9.17) is 61.2 Å². The van der Waals surface area contributed by atoms with Crippen molar-refractivity contribution in [3.8, 4) is 45.0 Å². The summed E-state index contributed by atoms with van der Waals surface area (Å²) in [6.07, 6.45) is 5.89. The SMILES string of the molecule is C.CC(=O)O.COC(=O)c1nsnc1-c1ccc(I(OC(C)=O)OC(C)=O)cc1.COC(=O)c1nsnc1-c1ccc(I)cc1.COC(=O)c1nsnc1-c1ccc(I=C2C(=O)OC3(CCCC3)OC2=O)cc1.COC(=O)c1nsnc1-c1ccc(N)cc1.COC(=O)c1nsnc1Br.Nc1ccc(B(O)O)cc1.O=C1CC(=O)OC2(CCCC2)O1. The molecule has 4 aliphatic rings. The van der Waals surface area contributed by atoms with Crippen LogP contribution in [0, 0.1) is 10.7 Å². The standard InChI is InChI=1S/C18H15IN2O6S.C14H13IN2O6S.C10H7IN2O2S.C10H9N3O2S.C8H10O4.C6H8BNO2.C4H3BrN2O2S.C2H4O2.CH4/c1-25-17(24)14-13(20-28-21-14)10-4-6-11(7-5-10)19-12-15(22)26-18(27-16(12)23)8-2-3-9-18;1-8(18)22-15(23-9(2)19)11-6-4-10(5-7-11)12-13(14(20)21-3)17-24-16-12;2*1-15-10(14)9-8(12-16-13-9)6-2-4-7(11)5-3-6;9-6-5-7(10)12-8(11-6)3-1-2-4-8;8-6-3-1-5(2-4-6)7(9)10;1-9-4(8)2-3(5)7-10-6-2;1-2(3)4;/h4-7H,2-3,8-9H2,1H3;4-7H,1-3H3;2-5H,1H3;2-5H,11H2,1H3;1-5H2;1-4,9-10H,8H2;1H3;1H3,(H,3,4);1H4. The second kappa shape index (κ2) is 48.9. The van der Waals surface area contributed by atoms with E-state index < -0.39 is 132 Å². The molecule has 10 aromatic rings. The van der Waals surface area contributed by atoms with Gasteiger partial charge in [0.1, 0.15) is 23.5 Å². The van der Waals surface area contributed by atoms with Gasteiger partial charge >= 0.3 is 205 Å². The first kappa shape index (κ1) is 99.5. The van der Waals surface area contributed by atoms with Gasteiger partial charge in [-0.3, -0.25) is 14.4 Å². The molecule has 0 unspecified atom stereocenters. The molecule has 2 saturated carbocycles. The second-order valence-corrected chi connectivity index (χ2v) is 34.7. The molecule has 7 N–H and O–H groups in total. The fourth-order valence-electron chi connectivity index (χ4n) is 10.0. The van der Waals surface area contributed by atoms with Crippen molar-refractivity contribution in [3.05, 3.63) is 165 Å². The molecule has 5 aromatic heterocycles. The number of hydrogen-bond donors (Lipinski definition) is 5. The van der Waals surface area contributed by atoms with Crippen LogP contribution in [0.2, 0.25) is 0 Å². The third-order valence-electron chi connectivity index (χ3n) is 15.3. The van der Waals surface area contributed by atoms with Crippen LogP contribution in [-0.2, 0) is 82.3 Å². The number of aromatic nitrogens is 10. The van der Waals surface area contributed by atoms with Crippen LogP contribution >= 0.6 is 139 Å². The first-order valence-corrected chi connectivity index (χ1v) is 44.7. The molecule has 2 aliphatic heterocycles. The third-order valence-corrected chi connectivity index (χ3v) is 26.0. The number of nitrogen functional groups attached to an aromatic ring is 2. The van der Waals surface area contributed by atoms with Crippen molar-refractivity contribution in [2.24, 2.45) is 0 Å². The zero-order valence-corrected chi connectivity index (χ0v) is 76.0. The number of ether oxygens (including phenoxy) is 9. The van der Waals surface area contributed by atoms with Crippen LogP contribution in [0.4, 0.5) is 11.4 Å². The molecule has 2 spiro atoms. The predicted octanol–water partition coefficient (Wildman–Crippen LogP) is 11.0. The van der Waals surface area contributed by atoms with Gasteiger partial charge < -0.3 is 64.5 Å². The summed E-state index contributed by atoms with van der Waals surface area (Å²) in [4.78, 5) is 135. The van der Waals surface area contributed by atoms with Gasteiger partial charge in [-0.15, -0.1) is 0 Å². The maximum absolute atomic E-state index is 12.4. The quantitative estimate of drug-likeness (QED) is 0.0169. The van der Waals surface area contributed by atoms with E-state index in [2.05, 4.69) is 101 Å². The number of carbonyl (C=O) groups excluding carboxylic acids is 11. The van der Waals surface area contributed by atoms with Gasteiger partial charge in [0, 0.05) is 67.8 Å². The molecule has 121 heavy (non-hydrogen) atoms. The van der Waals surface area contributed by atoms with Gasteiger partial charge in [-0.05, 0) is 118 Å². The molecule has 642 valence electrons. The molecule has 5 aromatic carbocycles. The third kappa shape index (κ3) is 30.1. The molecule has 0 atom stereocenters. The number of anilines is 2. The Kier molecular flexibility index (Phi) is 40.2. The summed E-state index contributed by atoms with van der Waals surface area (Å²) < 4.78 is 97.0. The molecular formula is C73H73BBrI3N12O26S5. The van der Waals surface area contributed by atoms with Gasteiger partial charge in [0.25, 0.3) is 17.5 Å². The first-order valence-electron chi connectivity index (χ1n) is 34.2. The maximum Gasteiger partial charge on any atom is 0.488 e. The van der Waals surface area contributed by atoms with Gasteiger partial charge in [-0.25, -0.2) is 28.8 Å². The Bertz CT molecular complexity index is 5110. The fraction of sp³-hybridized carbons (Fsp3) is 0.274. The normalized spacial score (nSPS) is 13.4. The van der Waals surface area contributed by atoms with E-state index in [-0.39, 0.29) is 45.8 Å². The smallest absolute Gasteiger partial charge is 0.464 e. The number of benzene rings is 5. The van der Waals surface area contributed by atoms with Crippen molar-refractivity contribution in [1.82, 2.24) is 43.7 Å². The Hall–Kier alpha value is -10.3. The summed E-state index contributed by atoms with van der Waals surface area (Å²) in [5.74, 6) is -8.35. The summed E-state index contributed by atoms with van der Waals surface area (Å²) in [7, 11) is 5.10. The molecule has 0 amide bonds.